The predicted molar refractivity (Wildman–Crippen MR) is 71.4 cm³/mol. The van der Waals surface area contributed by atoms with Gasteiger partial charge in [-0.05, 0) is 45.1 Å². The molecular weight excluding hydrogens is 214 g/mol. The van der Waals surface area contributed by atoms with E-state index in [9.17, 15) is 0 Å². The van der Waals surface area contributed by atoms with Gasteiger partial charge in [-0.15, -0.1) is 0 Å². The van der Waals surface area contributed by atoms with Crippen molar-refractivity contribution in [3.63, 3.8) is 0 Å². The van der Waals surface area contributed by atoms with Gasteiger partial charge in [-0.1, -0.05) is 13.8 Å². The summed E-state index contributed by atoms with van der Waals surface area (Å²) < 4.78 is 11.3. The van der Waals surface area contributed by atoms with Crippen molar-refractivity contribution >= 4 is 0 Å². The molecule has 0 bridgehead atoms. The Bertz CT molecular complexity index is 168. The number of hydrogen-bond donors (Lipinski definition) is 1. The Balaban J connectivity index is 1.78. The van der Waals surface area contributed by atoms with Crippen LogP contribution in [-0.4, -0.2) is 38.5 Å². The molecule has 17 heavy (non-hydrogen) atoms. The Morgan fingerprint density at radius 2 is 2.12 bits per heavy atom. The topological polar surface area (TPSA) is 30.5 Å². The lowest BCUT2D eigenvalue weighted by Gasteiger charge is -2.22. The van der Waals surface area contributed by atoms with E-state index in [-0.39, 0.29) is 0 Å². The minimum absolute atomic E-state index is 0.367. The highest BCUT2D eigenvalue weighted by molar-refractivity contribution is 4.62. The molecule has 3 heteroatoms. The molecule has 1 fully saturated rings. The average Bonchev–Trinajstić information content (AvgIpc) is 2.33. The van der Waals surface area contributed by atoms with Gasteiger partial charge in [0, 0.05) is 19.3 Å². The Labute approximate surface area is 106 Å². The van der Waals surface area contributed by atoms with Crippen LogP contribution in [0.4, 0.5) is 0 Å². The zero-order valence-corrected chi connectivity index (χ0v) is 11.5. The van der Waals surface area contributed by atoms with Gasteiger partial charge in [-0.25, -0.2) is 0 Å². The zero-order valence-electron chi connectivity index (χ0n) is 11.5. The average molecular weight is 243 g/mol. The number of rotatable bonds is 9. The largest absolute Gasteiger partial charge is 0.379 e. The van der Waals surface area contributed by atoms with Crippen molar-refractivity contribution in [3.8, 4) is 0 Å². The van der Waals surface area contributed by atoms with Crippen LogP contribution in [0.15, 0.2) is 0 Å². The van der Waals surface area contributed by atoms with Crippen LogP contribution in [0.2, 0.25) is 0 Å². The summed E-state index contributed by atoms with van der Waals surface area (Å²) in [7, 11) is 0. The van der Waals surface area contributed by atoms with Crippen LogP contribution in [0.5, 0.6) is 0 Å². The molecule has 1 aliphatic heterocycles. The molecule has 0 aromatic heterocycles. The van der Waals surface area contributed by atoms with Gasteiger partial charge in [-0.3, -0.25) is 0 Å². The molecule has 0 radical (unpaired) electrons. The number of hydrogen-bond acceptors (Lipinski definition) is 3. The molecular formula is C14H29NO2. The molecule has 1 rings (SSSR count). The summed E-state index contributed by atoms with van der Waals surface area (Å²) >= 11 is 0. The summed E-state index contributed by atoms with van der Waals surface area (Å²) in [4.78, 5) is 0. The summed E-state index contributed by atoms with van der Waals surface area (Å²) in [6, 6.07) is 0.606. The molecule has 0 aromatic carbocycles. The molecule has 1 aliphatic rings. The second-order valence-corrected chi connectivity index (χ2v) is 5.23. The van der Waals surface area contributed by atoms with E-state index in [1.807, 2.05) is 0 Å². The monoisotopic (exact) mass is 243 g/mol. The van der Waals surface area contributed by atoms with Crippen molar-refractivity contribution in [1.82, 2.24) is 5.32 Å². The van der Waals surface area contributed by atoms with E-state index < -0.39 is 0 Å². The van der Waals surface area contributed by atoms with E-state index in [1.165, 1.54) is 38.5 Å². The molecule has 3 nitrogen and oxygen atoms in total. The number of nitrogens with one attached hydrogen (secondary N) is 1. The second-order valence-electron chi connectivity index (χ2n) is 5.23. The molecule has 1 N–H and O–H groups in total. The molecule has 102 valence electrons. The first-order valence-corrected chi connectivity index (χ1v) is 7.22. The van der Waals surface area contributed by atoms with Crippen LogP contribution in [0.25, 0.3) is 0 Å². The van der Waals surface area contributed by atoms with Crippen LogP contribution in [-0.2, 0) is 9.47 Å². The van der Waals surface area contributed by atoms with Gasteiger partial charge in [0.25, 0.3) is 0 Å². The lowest BCUT2D eigenvalue weighted by Crippen LogP contribution is -2.24. The molecule has 1 saturated heterocycles. The van der Waals surface area contributed by atoms with Gasteiger partial charge < -0.3 is 14.8 Å². The smallest absolute Gasteiger partial charge is 0.0808 e. The highest BCUT2D eigenvalue weighted by Crippen LogP contribution is 2.12. The molecule has 0 spiro atoms. The van der Waals surface area contributed by atoms with Crippen molar-refractivity contribution in [2.24, 2.45) is 0 Å². The Morgan fingerprint density at radius 1 is 1.24 bits per heavy atom. The quantitative estimate of drug-likeness (QED) is 0.632. The van der Waals surface area contributed by atoms with E-state index in [0.717, 1.165) is 26.4 Å². The van der Waals surface area contributed by atoms with Crippen molar-refractivity contribution in [2.75, 3.05) is 26.4 Å². The van der Waals surface area contributed by atoms with Crippen LogP contribution in [0.3, 0.4) is 0 Å². The van der Waals surface area contributed by atoms with Gasteiger partial charge in [0.15, 0.2) is 0 Å². The van der Waals surface area contributed by atoms with Crippen molar-refractivity contribution in [2.45, 2.75) is 64.5 Å². The third kappa shape index (κ3) is 8.58. The normalized spacial score (nSPS) is 21.0. The SMILES string of the molecule is CC(C)NCCCCCOCC1CCCCO1. The molecule has 1 unspecified atom stereocenters. The molecule has 0 aromatic rings. The summed E-state index contributed by atoms with van der Waals surface area (Å²) in [6.07, 6.45) is 7.75. The first-order chi connectivity index (χ1) is 8.29. The summed E-state index contributed by atoms with van der Waals surface area (Å²) in [5.74, 6) is 0. The Morgan fingerprint density at radius 3 is 2.82 bits per heavy atom. The third-order valence-electron chi connectivity index (χ3n) is 3.10. The van der Waals surface area contributed by atoms with E-state index in [2.05, 4.69) is 19.2 Å². The van der Waals surface area contributed by atoms with Gasteiger partial charge >= 0.3 is 0 Å². The Hall–Kier alpha value is -0.120. The van der Waals surface area contributed by atoms with Gasteiger partial charge in [0.2, 0.25) is 0 Å². The highest BCUT2D eigenvalue weighted by atomic mass is 16.5. The van der Waals surface area contributed by atoms with Crippen LogP contribution >= 0.6 is 0 Å². The lowest BCUT2D eigenvalue weighted by molar-refractivity contribution is -0.0411. The third-order valence-corrected chi connectivity index (χ3v) is 3.10. The Kier molecular flexibility index (Phi) is 8.67. The van der Waals surface area contributed by atoms with E-state index in [0.29, 0.717) is 12.1 Å². The predicted octanol–water partition coefficient (Wildman–Crippen LogP) is 2.74. The fraction of sp³-hybridized carbons (Fsp3) is 1.00. The van der Waals surface area contributed by atoms with Gasteiger partial charge in [0.1, 0.15) is 0 Å². The highest BCUT2D eigenvalue weighted by Gasteiger charge is 2.13. The van der Waals surface area contributed by atoms with Crippen LogP contribution < -0.4 is 5.32 Å². The van der Waals surface area contributed by atoms with E-state index in [4.69, 9.17) is 9.47 Å². The maximum absolute atomic E-state index is 5.66. The molecule has 1 heterocycles. The first kappa shape index (κ1) is 14.9. The van der Waals surface area contributed by atoms with Crippen LogP contribution in [0, 0.1) is 0 Å². The second kappa shape index (κ2) is 9.86. The van der Waals surface area contributed by atoms with Crippen molar-refractivity contribution in [3.05, 3.63) is 0 Å². The number of ether oxygens (including phenoxy) is 2. The fourth-order valence-corrected chi connectivity index (χ4v) is 2.05. The fourth-order valence-electron chi connectivity index (χ4n) is 2.05. The van der Waals surface area contributed by atoms with Crippen molar-refractivity contribution in [1.29, 1.82) is 0 Å². The summed E-state index contributed by atoms with van der Waals surface area (Å²) in [5, 5.41) is 3.43. The molecule has 0 aliphatic carbocycles. The summed E-state index contributed by atoms with van der Waals surface area (Å²) in [5.41, 5.74) is 0. The van der Waals surface area contributed by atoms with E-state index in [1.54, 1.807) is 0 Å². The van der Waals surface area contributed by atoms with Crippen LogP contribution in [0.1, 0.15) is 52.4 Å². The molecule has 1 atom stereocenters. The minimum Gasteiger partial charge on any atom is -0.379 e. The van der Waals surface area contributed by atoms with Gasteiger partial charge in [0.05, 0.1) is 12.7 Å². The molecule has 0 saturated carbocycles. The maximum atomic E-state index is 5.66. The number of unbranched alkanes of at least 4 members (excludes halogenated alkanes) is 2. The molecule has 0 amide bonds. The zero-order chi connectivity index (χ0) is 12.3. The summed E-state index contributed by atoms with van der Waals surface area (Å²) in [6.45, 7) is 8.12. The standard InChI is InChI=1S/C14H29NO2/c1-13(2)15-9-5-3-6-10-16-12-14-8-4-7-11-17-14/h13-15H,3-12H2,1-2H3. The first-order valence-electron chi connectivity index (χ1n) is 7.22. The lowest BCUT2D eigenvalue weighted by atomic mass is 10.1. The van der Waals surface area contributed by atoms with Crippen molar-refractivity contribution < 1.29 is 9.47 Å². The maximum Gasteiger partial charge on any atom is 0.0808 e. The van der Waals surface area contributed by atoms with E-state index >= 15 is 0 Å². The van der Waals surface area contributed by atoms with Gasteiger partial charge in [-0.2, -0.15) is 0 Å². The minimum atomic E-state index is 0.367.